The summed E-state index contributed by atoms with van der Waals surface area (Å²) in [7, 11) is 0. The molecule has 1 aliphatic rings. The molecule has 1 nitrogen and oxygen atoms in total. The Labute approximate surface area is 69.6 Å². The summed E-state index contributed by atoms with van der Waals surface area (Å²) in [5.41, 5.74) is 0. The van der Waals surface area contributed by atoms with Crippen LogP contribution in [0.15, 0.2) is 0 Å². The first-order valence-electron chi connectivity index (χ1n) is 4.51. The normalized spacial score (nSPS) is 19.3. The molecule has 1 heteroatoms. The van der Waals surface area contributed by atoms with Crippen molar-refractivity contribution in [3.8, 4) is 12.3 Å². The van der Waals surface area contributed by atoms with Gasteiger partial charge in [-0.25, -0.2) is 0 Å². The first-order chi connectivity index (χ1) is 5.34. The number of rotatable bonds is 5. The molecule has 0 aliphatic heterocycles. The molecule has 0 bridgehead atoms. The van der Waals surface area contributed by atoms with Crippen molar-refractivity contribution in [1.29, 1.82) is 0 Å². The average molecular weight is 151 g/mol. The molecule has 1 saturated carbocycles. The van der Waals surface area contributed by atoms with Crippen LogP contribution in [0.1, 0.15) is 32.6 Å². The summed E-state index contributed by atoms with van der Waals surface area (Å²) in [6.07, 6.45) is 10.0. The minimum Gasteiger partial charge on any atom is -0.314 e. The number of unbranched alkanes of at least 4 members (excludes halogenated alkanes) is 1. The molecule has 1 N–H and O–H groups in total. The summed E-state index contributed by atoms with van der Waals surface area (Å²) in [5, 5.41) is 3.48. The number of hydrogen-bond donors (Lipinski definition) is 1. The van der Waals surface area contributed by atoms with E-state index >= 15 is 0 Å². The highest BCUT2D eigenvalue weighted by Gasteiger charge is 2.26. The van der Waals surface area contributed by atoms with Crippen LogP contribution in [0.2, 0.25) is 0 Å². The standard InChI is InChI=1S/C10H17N/c1-3-4-5-8-11-9(2)10-6-7-10/h1,9-11H,4-8H2,2H3. The number of nitrogens with one attached hydrogen (secondary N) is 1. The quantitative estimate of drug-likeness (QED) is 0.466. The summed E-state index contributed by atoms with van der Waals surface area (Å²) >= 11 is 0. The zero-order valence-corrected chi connectivity index (χ0v) is 7.27. The maximum Gasteiger partial charge on any atom is 0.00981 e. The molecule has 1 unspecified atom stereocenters. The Hall–Kier alpha value is -0.480. The maximum absolute atomic E-state index is 5.14. The van der Waals surface area contributed by atoms with E-state index in [1.165, 1.54) is 12.8 Å². The van der Waals surface area contributed by atoms with Gasteiger partial charge in [-0.15, -0.1) is 12.3 Å². The molecule has 1 rings (SSSR count). The lowest BCUT2D eigenvalue weighted by Gasteiger charge is -2.10. The van der Waals surface area contributed by atoms with Crippen molar-refractivity contribution in [1.82, 2.24) is 5.32 Å². The zero-order valence-electron chi connectivity index (χ0n) is 7.27. The molecular weight excluding hydrogens is 134 g/mol. The fourth-order valence-electron chi connectivity index (χ4n) is 1.28. The van der Waals surface area contributed by atoms with E-state index in [9.17, 15) is 0 Å². The van der Waals surface area contributed by atoms with Crippen molar-refractivity contribution in [3.63, 3.8) is 0 Å². The first-order valence-corrected chi connectivity index (χ1v) is 4.51. The first kappa shape index (κ1) is 8.62. The largest absolute Gasteiger partial charge is 0.314 e. The summed E-state index contributed by atoms with van der Waals surface area (Å²) in [4.78, 5) is 0. The molecule has 0 aromatic heterocycles. The van der Waals surface area contributed by atoms with Crippen LogP contribution >= 0.6 is 0 Å². The van der Waals surface area contributed by atoms with Crippen molar-refractivity contribution in [2.75, 3.05) is 6.54 Å². The van der Waals surface area contributed by atoms with Gasteiger partial charge in [-0.1, -0.05) is 0 Å². The summed E-state index contributed by atoms with van der Waals surface area (Å²) in [6.45, 7) is 3.36. The highest BCUT2D eigenvalue weighted by Crippen LogP contribution is 2.32. The summed E-state index contributed by atoms with van der Waals surface area (Å²) in [6, 6.07) is 0.716. The molecule has 11 heavy (non-hydrogen) atoms. The molecule has 62 valence electrons. The lowest BCUT2D eigenvalue weighted by atomic mass is 10.2. The molecule has 0 spiro atoms. The van der Waals surface area contributed by atoms with Crippen molar-refractivity contribution in [2.45, 2.75) is 38.6 Å². The van der Waals surface area contributed by atoms with Crippen LogP contribution in [-0.4, -0.2) is 12.6 Å². The van der Waals surface area contributed by atoms with E-state index in [0.29, 0.717) is 6.04 Å². The lowest BCUT2D eigenvalue weighted by molar-refractivity contribution is 0.492. The van der Waals surface area contributed by atoms with Gasteiger partial charge in [0.2, 0.25) is 0 Å². The fraction of sp³-hybridized carbons (Fsp3) is 0.800. The SMILES string of the molecule is C#CCCCNC(C)C1CC1. The van der Waals surface area contributed by atoms with Crippen molar-refractivity contribution in [2.24, 2.45) is 5.92 Å². The van der Waals surface area contributed by atoms with Crippen LogP contribution in [-0.2, 0) is 0 Å². The predicted octanol–water partition coefficient (Wildman–Crippen LogP) is 1.79. The van der Waals surface area contributed by atoms with Crippen LogP contribution in [0.3, 0.4) is 0 Å². The Balaban J connectivity index is 1.90. The third-order valence-electron chi connectivity index (χ3n) is 2.29. The second kappa shape index (κ2) is 4.41. The second-order valence-electron chi connectivity index (χ2n) is 3.39. The van der Waals surface area contributed by atoms with Gasteiger partial charge in [0.05, 0.1) is 0 Å². The highest BCUT2D eigenvalue weighted by molar-refractivity contribution is 4.85. The van der Waals surface area contributed by atoms with E-state index in [2.05, 4.69) is 18.2 Å². The Kier molecular flexibility index (Phi) is 3.45. The molecule has 0 radical (unpaired) electrons. The minimum atomic E-state index is 0.716. The number of terminal acetylenes is 1. The van der Waals surface area contributed by atoms with Crippen molar-refractivity contribution in [3.05, 3.63) is 0 Å². The van der Waals surface area contributed by atoms with E-state index in [-0.39, 0.29) is 0 Å². The van der Waals surface area contributed by atoms with E-state index in [1.807, 2.05) is 0 Å². The smallest absolute Gasteiger partial charge is 0.00981 e. The highest BCUT2D eigenvalue weighted by atomic mass is 14.9. The van der Waals surface area contributed by atoms with Crippen molar-refractivity contribution >= 4 is 0 Å². The van der Waals surface area contributed by atoms with Gasteiger partial charge in [0, 0.05) is 12.5 Å². The Morgan fingerprint density at radius 3 is 2.91 bits per heavy atom. The molecule has 0 heterocycles. The minimum absolute atomic E-state index is 0.716. The molecule has 1 aliphatic carbocycles. The van der Waals surface area contributed by atoms with Crippen LogP contribution in [0.4, 0.5) is 0 Å². The van der Waals surface area contributed by atoms with E-state index in [0.717, 1.165) is 25.3 Å². The van der Waals surface area contributed by atoms with E-state index < -0.39 is 0 Å². The molecule has 0 saturated heterocycles. The van der Waals surface area contributed by atoms with Gasteiger partial charge in [0.1, 0.15) is 0 Å². The van der Waals surface area contributed by atoms with Crippen LogP contribution < -0.4 is 5.32 Å². The topological polar surface area (TPSA) is 12.0 Å². The average Bonchev–Trinajstić information content (AvgIpc) is 2.79. The van der Waals surface area contributed by atoms with Gasteiger partial charge < -0.3 is 5.32 Å². The van der Waals surface area contributed by atoms with Gasteiger partial charge >= 0.3 is 0 Å². The van der Waals surface area contributed by atoms with Crippen molar-refractivity contribution < 1.29 is 0 Å². The van der Waals surface area contributed by atoms with Gasteiger partial charge in [-0.3, -0.25) is 0 Å². The third-order valence-corrected chi connectivity index (χ3v) is 2.29. The molecular formula is C10H17N. The van der Waals surface area contributed by atoms with Gasteiger partial charge in [0.25, 0.3) is 0 Å². The predicted molar refractivity (Wildman–Crippen MR) is 48.3 cm³/mol. The van der Waals surface area contributed by atoms with Crippen LogP contribution in [0, 0.1) is 18.3 Å². The van der Waals surface area contributed by atoms with Gasteiger partial charge in [-0.2, -0.15) is 0 Å². The third kappa shape index (κ3) is 3.43. The monoisotopic (exact) mass is 151 g/mol. The zero-order chi connectivity index (χ0) is 8.10. The number of hydrogen-bond acceptors (Lipinski definition) is 1. The summed E-state index contributed by atoms with van der Waals surface area (Å²) < 4.78 is 0. The molecule has 0 amide bonds. The van der Waals surface area contributed by atoms with E-state index in [4.69, 9.17) is 6.42 Å². The van der Waals surface area contributed by atoms with Crippen LogP contribution in [0.5, 0.6) is 0 Å². The molecule has 1 fully saturated rings. The lowest BCUT2D eigenvalue weighted by Crippen LogP contribution is -2.28. The summed E-state index contributed by atoms with van der Waals surface area (Å²) in [5.74, 6) is 3.61. The Bertz CT molecular complexity index is 141. The van der Waals surface area contributed by atoms with Gasteiger partial charge in [-0.05, 0) is 38.6 Å². The van der Waals surface area contributed by atoms with Gasteiger partial charge in [0.15, 0.2) is 0 Å². The molecule has 0 aromatic rings. The van der Waals surface area contributed by atoms with E-state index in [1.54, 1.807) is 0 Å². The maximum atomic E-state index is 5.14. The fourth-order valence-corrected chi connectivity index (χ4v) is 1.28. The second-order valence-corrected chi connectivity index (χ2v) is 3.39. The van der Waals surface area contributed by atoms with Crippen LogP contribution in [0.25, 0.3) is 0 Å². The Morgan fingerprint density at radius 2 is 2.36 bits per heavy atom. The molecule has 0 aromatic carbocycles. The Morgan fingerprint density at radius 1 is 1.64 bits per heavy atom. The molecule has 1 atom stereocenters.